The van der Waals surface area contributed by atoms with E-state index in [1.165, 1.54) is 0 Å². The maximum absolute atomic E-state index is 6.39. The molecule has 0 fully saturated rings. The van der Waals surface area contributed by atoms with Crippen molar-refractivity contribution in [3.05, 3.63) is 58.1 Å². The molecule has 0 radical (unpaired) electrons. The Kier molecular flexibility index (Phi) is 4.41. The van der Waals surface area contributed by atoms with Crippen LogP contribution in [0.3, 0.4) is 0 Å². The van der Waals surface area contributed by atoms with E-state index in [1.54, 1.807) is 24.9 Å². The Morgan fingerprint density at radius 3 is 3.00 bits per heavy atom. The van der Waals surface area contributed by atoms with Crippen molar-refractivity contribution in [2.75, 3.05) is 25.2 Å². The molecule has 1 aromatic carbocycles. The SMILES string of the molecule is COc1ccc2c(n1)C1(CO2)OC(=S)N(CC2CC=C(Cl)S2)c2ccccc21. The number of aromatic nitrogens is 1. The molecule has 0 bridgehead atoms. The Balaban J connectivity index is 1.58. The predicted octanol–water partition coefficient (Wildman–Crippen LogP) is 4.43. The molecule has 1 spiro atoms. The van der Waals surface area contributed by atoms with Gasteiger partial charge in [0.15, 0.2) is 0 Å². The number of anilines is 1. The molecule has 1 aromatic heterocycles. The molecule has 8 heteroatoms. The van der Waals surface area contributed by atoms with Gasteiger partial charge in [0.05, 0.1) is 17.2 Å². The van der Waals surface area contributed by atoms with Crippen LogP contribution in [0.5, 0.6) is 11.6 Å². The second-order valence-corrected chi connectivity index (χ2v) is 9.12. The van der Waals surface area contributed by atoms with Gasteiger partial charge >= 0.3 is 0 Å². The van der Waals surface area contributed by atoms with Gasteiger partial charge in [0, 0.05) is 23.4 Å². The maximum Gasteiger partial charge on any atom is 0.265 e. The van der Waals surface area contributed by atoms with E-state index in [4.69, 9.17) is 38.0 Å². The van der Waals surface area contributed by atoms with Gasteiger partial charge in [-0.05, 0) is 30.8 Å². The van der Waals surface area contributed by atoms with Crippen molar-refractivity contribution in [1.29, 1.82) is 0 Å². The van der Waals surface area contributed by atoms with Crippen LogP contribution in [0.15, 0.2) is 46.8 Å². The molecular formula is C20H17ClN2O3S2. The standard InChI is InChI=1S/C20H17ClN2O3S2/c1-24-17-9-7-15-18(22-17)20(11-25-15)13-4-2-3-5-14(13)23(19(27)26-20)10-12-6-8-16(21)28-12/h2-5,7-9,12H,6,10-11H2,1H3. The van der Waals surface area contributed by atoms with Crippen LogP contribution >= 0.6 is 35.6 Å². The Hall–Kier alpha value is -1.96. The lowest BCUT2D eigenvalue weighted by molar-refractivity contribution is 0.0627. The first-order valence-corrected chi connectivity index (χ1v) is 10.6. The van der Waals surface area contributed by atoms with Crippen molar-refractivity contribution >= 4 is 46.4 Å². The summed E-state index contributed by atoms with van der Waals surface area (Å²) < 4.78 is 18.5. The maximum atomic E-state index is 6.39. The summed E-state index contributed by atoms with van der Waals surface area (Å²) in [5.41, 5.74) is 1.84. The quantitative estimate of drug-likeness (QED) is 0.664. The molecule has 0 aliphatic carbocycles. The van der Waals surface area contributed by atoms with Gasteiger partial charge in [-0.1, -0.05) is 35.9 Å². The Morgan fingerprint density at radius 2 is 2.21 bits per heavy atom. The zero-order valence-corrected chi connectivity index (χ0v) is 17.4. The Bertz CT molecular complexity index is 999. The van der Waals surface area contributed by atoms with E-state index in [1.807, 2.05) is 18.2 Å². The number of fused-ring (bicyclic) bond motifs is 4. The minimum Gasteiger partial charge on any atom is -0.486 e. The number of ether oxygens (including phenoxy) is 3. The van der Waals surface area contributed by atoms with Crippen molar-refractivity contribution in [1.82, 2.24) is 4.98 Å². The van der Waals surface area contributed by atoms with Crippen molar-refractivity contribution in [3.8, 4) is 11.6 Å². The molecule has 4 heterocycles. The third-order valence-electron chi connectivity index (χ3n) is 5.17. The second-order valence-electron chi connectivity index (χ2n) is 6.80. The largest absolute Gasteiger partial charge is 0.486 e. The number of benzene rings is 1. The summed E-state index contributed by atoms with van der Waals surface area (Å²) >= 11 is 13.5. The van der Waals surface area contributed by atoms with Gasteiger partial charge in [0.1, 0.15) is 18.1 Å². The van der Waals surface area contributed by atoms with Crippen molar-refractivity contribution in [2.24, 2.45) is 0 Å². The lowest BCUT2D eigenvalue weighted by Gasteiger charge is -2.41. The van der Waals surface area contributed by atoms with Crippen molar-refractivity contribution in [3.63, 3.8) is 0 Å². The van der Waals surface area contributed by atoms with E-state index < -0.39 is 5.60 Å². The second kappa shape index (κ2) is 6.83. The summed E-state index contributed by atoms with van der Waals surface area (Å²) in [6, 6.07) is 11.8. The van der Waals surface area contributed by atoms with Crippen LogP contribution in [0.2, 0.25) is 0 Å². The summed E-state index contributed by atoms with van der Waals surface area (Å²) in [7, 11) is 1.59. The van der Waals surface area contributed by atoms with E-state index in [2.05, 4.69) is 28.1 Å². The van der Waals surface area contributed by atoms with E-state index in [0.717, 1.165) is 28.6 Å². The monoisotopic (exact) mass is 432 g/mol. The number of hydrogen-bond acceptors (Lipinski definition) is 6. The molecule has 0 saturated heterocycles. The molecular weight excluding hydrogens is 416 g/mol. The fourth-order valence-corrected chi connectivity index (χ4v) is 5.56. The molecule has 2 unspecified atom stereocenters. The molecule has 0 amide bonds. The first-order valence-electron chi connectivity index (χ1n) is 8.91. The highest BCUT2D eigenvalue weighted by Gasteiger charge is 2.52. The number of para-hydroxylation sites is 1. The van der Waals surface area contributed by atoms with Gasteiger partial charge in [-0.15, -0.1) is 11.8 Å². The van der Waals surface area contributed by atoms with Gasteiger partial charge in [-0.25, -0.2) is 4.98 Å². The molecule has 3 aliphatic rings. The molecule has 2 atom stereocenters. The van der Waals surface area contributed by atoms with E-state index in [9.17, 15) is 0 Å². The normalized spacial score (nSPS) is 25.1. The minimum atomic E-state index is -0.868. The number of allylic oxidation sites excluding steroid dienone is 1. The van der Waals surface area contributed by atoms with Gasteiger partial charge in [0.25, 0.3) is 5.17 Å². The fourth-order valence-electron chi connectivity index (χ4n) is 3.85. The van der Waals surface area contributed by atoms with E-state index in [-0.39, 0.29) is 0 Å². The molecule has 144 valence electrons. The first-order chi connectivity index (χ1) is 13.6. The van der Waals surface area contributed by atoms with Gasteiger partial charge in [0.2, 0.25) is 11.5 Å². The van der Waals surface area contributed by atoms with Crippen LogP contribution in [-0.4, -0.2) is 35.7 Å². The summed E-state index contributed by atoms with van der Waals surface area (Å²) in [4.78, 5) is 6.69. The summed E-state index contributed by atoms with van der Waals surface area (Å²) in [5, 5.41) is 0.755. The third kappa shape index (κ3) is 2.76. The van der Waals surface area contributed by atoms with Crippen LogP contribution in [0.1, 0.15) is 17.7 Å². The smallest absolute Gasteiger partial charge is 0.265 e. The van der Waals surface area contributed by atoms with E-state index in [0.29, 0.717) is 34.4 Å². The van der Waals surface area contributed by atoms with Gasteiger partial charge in [-0.2, -0.15) is 0 Å². The van der Waals surface area contributed by atoms with Crippen LogP contribution < -0.4 is 14.4 Å². The third-order valence-corrected chi connectivity index (χ3v) is 6.97. The first kappa shape index (κ1) is 18.1. The highest BCUT2D eigenvalue weighted by Crippen LogP contribution is 2.50. The minimum absolute atomic E-state index is 0.319. The zero-order chi connectivity index (χ0) is 19.3. The summed E-state index contributed by atoms with van der Waals surface area (Å²) in [6.45, 7) is 1.04. The zero-order valence-electron chi connectivity index (χ0n) is 15.1. The van der Waals surface area contributed by atoms with Crippen LogP contribution in [-0.2, 0) is 10.3 Å². The summed E-state index contributed by atoms with van der Waals surface area (Å²) in [5.74, 6) is 1.20. The number of thiocarbonyl (C=S) groups is 1. The summed E-state index contributed by atoms with van der Waals surface area (Å²) in [6.07, 6.45) is 2.97. The number of pyridine rings is 1. The number of rotatable bonds is 3. The lowest BCUT2D eigenvalue weighted by Crippen LogP contribution is -2.49. The van der Waals surface area contributed by atoms with Crippen LogP contribution in [0.25, 0.3) is 0 Å². The van der Waals surface area contributed by atoms with Gasteiger partial charge in [-0.3, -0.25) is 0 Å². The molecule has 0 N–H and O–H groups in total. The number of halogens is 1. The molecule has 0 saturated carbocycles. The topological polar surface area (TPSA) is 43.8 Å². The number of nitrogens with zero attached hydrogens (tertiary/aromatic N) is 2. The van der Waals surface area contributed by atoms with E-state index >= 15 is 0 Å². The molecule has 5 nitrogen and oxygen atoms in total. The van der Waals surface area contributed by atoms with Crippen molar-refractivity contribution < 1.29 is 14.2 Å². The average molecular weight is 433 g/mol. The van der Waals surface area contributed by atoms with Gasteiger partial charge < -0.3 is 19.1 Å². The number of thioether (sulfide) groups is 1. The molecule has 2 aromatic rings. The molecule has 28 heavy (non-hydrogen) atoms. The number of methoxy groups -OCH3 is 1. The highest BCUT2D eigenvalue weighted by atomic mass is 35.5. The number of hydrogen-bond donors (Lipinski definition) is 0. The molecule has 3 aliphatic heterocycles. The predicted molar refractivity (Wildman–Crippen MR) is 114 cm³/mol. The Morgan fingerprint density at radius 1 is 1.36 bits per heavy atom. The average Bonchev–Trinajstić information content (AvgIpc) is 3.29. The van der Waals surface area contributed by atoms with Crippen LogP contribution in [0, 0.1) is 0 Å². The molecule has 5 rings (SSSR count). The Labute approximate surface area is 177 Å². The fraction of sp³-hybridized carbons (Fsp3) is 0.300. The van der Waals surface area contributed by atoms with Crippen LogP contribution in [0.4, 0.5) is 5.69 Å². The lowest BCUT2D eigenvalue weighted by atomic mass is 9.88. The highest BCUT2D eigenvalue weighted by molar-refractivity contribution is 8.05. The van der Waals surface area contributed by atoms with Crippen molar-refractivity contribution in [2.45, 2.75) is 17.3 Å².